The van der Waals surface area contributed by atoms with Gasteiger partial charge in [-0.3, -0.25) is 4.79 Å². The second-order valence-corrected chi connectivity index (χ2v) is 6.35. The summed E-state index contributed by atoms with van der Waals surface area (Å²) in [7, 11) is 1.31. The average Bonchev–Trinajstić information content (AvgIpc) is 3.16. The number of methoxy groups -OCH3 is 1. The van der Waals surface area contributed by atoms with Crippen LogP contribution in [0.25, 0.3) is 5.69 Å². The molecule has 142 valence electrons. The van der Waals surface area contributed by atoms with Crippen molar-refractivity contribution in [1.29, 1.82) is 5.26 Å². The second kappa shape index (κ2) is 8.36. The first kappa shape index (κ1) is 20.0. The third-order valence-electron chi connectivity index (χ3n) is 3.77. The number of esters is 2. The first-order valence-electron chi connectivity index (χ1n) is 8.30. The molecule has 0 radical (unpaired) electrons. The van der Waals surface area contributed by atoms with E-state index in [9.17, 15) is 14.9 Å². The number of aromatic nitrogens is 2. The second-order valence-electron chi connectivity index (χ2n) is 6.35. The fourth-order valence-corrected chi connectivity index (χ4v) is 2.25. The molecule has 0 aliphatic carbocycles. The Balaban J connectivity index is 2.20. The highest BCUT2D eigenvalue weighted by Crippen LogP contribution is 2.25. The molecule has 0 fully saturated rings. The van der Waals surface area contributed by atoms with E-state index in [1.165, 1.54) is 24.2 Å². The maximum atomic E-state index is 11.7. The van der Waals surface area contributed by atoms with E-state index in [0.717, 1.165) is 0 Å². The molecular weight excluding hydrogens is 350 g/mol. The Kier molecular flexibility index (Phi) is 6.19. The summed E-state index contributed by atoms with van der Waals surface area (Å²) in [4.78, 5) is 23.5. The quantitative estimate of drug-likeness (QED) is 0.689. The third kappa shape index (κ3) is 4.64. The normalized spacial score (nSPS) is 10.8. The van der Waals surface area contributed by atoms with Gasteiger partial charge in [0.05, 0.1) is 42.1 Å². The highest BCUT2D eigenvalue weighted by Gasteiger charge is 2.30. The molecule has 1 aromatic heterocycles. The van der Waals surface area contributed by atoms with Gasteiger partial charge in [-0.15, -0.1) is 0 Å². The molecule has 0 unspecified atom stereocenters. The van der Waals surface area contributed by atoms with Gasteiger partial charge >= 0.3 is 11.9 Å². The van der Waals surface area contributed by atoms with E-state index in [-0.39, 0.29) is 18.8 Å². The Morgan fingerprint density at radius 2 is 2.07 bits per heavy atom. The molecule has 2 rings (SSSR count). The van der Waals surface area contributed by atoms with Crippen molar-refractivity contribution in [3.05, 3.63) is 41.7 Å². The zero-order valence-corrected chi connectivity index (χ0v) is 15.7. The van der Waals surface area contributed by atoms with Gasteiger partial charge in [0.15, 0.2) is 0 Å². The summed E-state index contributed by atoms with van der Waals surface area (Å²) < 4.78 is 16.8. The van der Waals surface area contributed by atoms with Crippen LogP contribution in [0.4, 0.5) is 0 Å². The van der Waals surface area contributed by atoms with E-state index in [1.54, 1.807) is 39.0 Å². The van der Waals surface area contributed by atoms with Crippen LogP contribution in [0.5, 0.6) is 5.75 Å². The molecule has 8 heteroatoms. The SMILES string of the molecule is CCOC(=O)c1cnn(-c2ccc(OCC(C)(C)C(=O)OC)c(C#N)c2)c1. The lowest BCUT2D eigenvalue weighted by molar-refractivity contribution is -0.152. The molecule has 8 nitrogen and oxygen atoms in total. The molecule has 0 aliphatic rings. The number of ether oxygens (including phenoxy) is 3. The lowest BCUT2D eigenvalue weighted by atomic mass is 9.95. The number of hydrogen-bond acceptors (Lipinski definition) is 7. The minimum absolute atomic E-state index is 0.0580. The van der Waals surface area contributed by atoms with Gasteiger partial charge in [0, 0.05) is 6.20 Å². The lowest BCUT2D eigenvalue weighted by Crippen LogP contribution is -2.32. The summed E-state index contributed by atoms with van der Waals surface area (Å²) in [5.74, 6) is -0.522. The van der Waals surface area contributed by atoms with Crippen molar-refractivity contribution in [2.45, 2.75) is 20.8 Å². The van der Waals surface area contributed by atoms with Crippen LogP contribution in [0.15, 0.2) is 30.6 Å². The minimum Gasteiger partial charge on any atom is -0.491 e. The summed E-state index contributed by atoms with van der Waals surface area (Å²) in [6.07, 6.45) is 2.92. The molecule has 1 aromatic carbocycles. The van der Waals surface area contributed by atoms with Gasteiger partial charge in [-0.05, 0) is 39.0 Å². The van der Waals surface area contributed by atoms with Gasteiger partial charge in [-0.2, -0.15) is 10.4 Å². The Morgan fingerprint density at radius 1 is 1.33 bits per heavy atom. The van der Waals surface area contributed by atoms with Gasteiger partial charge in [0.25, 0.3) is 0 Å². The van der Waals surface area contributed by atoms with Crippen LogP contribution in [-0.2, 0) is 14.3 Å². The molecule has 2 aromatic rings. The standard InChI is InChI=1S/C19H21N3O5/c1-5-26-17(23)14-10-21-22(11-14)15-6-7-16(13(8-15)9-20)27-12-19(2,3)18(24)25-4/h6-8,10-11H,5,12H2,1-4H3. The number of nitrogens with zero attached hydrogens (tertiary/aromatic N) is 3. The fraction of sp³-hybridized carbons (Fsp3) is 0.368. The average molecular weight is 371 g/mol. The third-order valence-corrected chi connectivity index (χ3v) is 3.77. The zero-order chi connectivity index (χ0) is 20.0. The number of carbonyl (C=O) groups is 2. The van der Waals surface area contributed by atoms with E-state index < -0.39 is 17.4 Å². The molecule has 0 aliphatic heterocycles. The summed E-state index contributed by atoms with van der Waals surface area (Å²) >= 11 is 0. The zero-order valence-electron chi connectivity index (χ0n) is 15.7. The monoisotopic (exact) mass is 371 g/mol. The van der Waals surface area contributed by atoms with E-state index in [1.807, 2.05) is 0 Å². The van der Waals surface area contributed by atoms with Gasteiger partial charge < -0.3 is 14.2 Å². The van der Waals surface area contributed by atoms with E-state index >= 15 is 0 Å². The number of benzene rings is 1. The molecule has 0 N–H and O–H groups in total. The molecule has 0 bridgehead atoms. The number of carbonyl (C=O) groups excluding carboxylic acids is 2. The number of rotatable bonds is 7. The minimum atomic E-state index is -0.851. The van der Waals surface area contributed by atoms with Crippen LogP contribution in [0.1, 0.15) is 36.7 Å². The fourth-order valence-electron chi connectivity index (χ4n) is 2.25. The van der Waals surface area contributed by atoms with Gasteiger partial charge in [-0.1, -0.05) is 0 Å². The molecule has 0 saturated carbocycles. The first-order valence-corrected chi connectivity index (χ1v) is 8.30. The topological polar surface area (TPSA) is 103 Å². The Bertz CT molecular complexity index is 880. The Labute approximate surface area is 157 Å². The molecule has 1 heterocycles. The van der Waals surface area contributed by atoms with Crippen LogP contribution in [0.3, 0.4) is 0 Å². The van der Waals surface area contributed by atoms with Crippen molar-refractivity contribution in [3.63, 3.8) is 0 Å². The van der Waals surface area contributed by atoms with Crippen molar-refractivity contribution in [3.8, 4) is 17.5 Å². The number of hydrogen-bond donors (Lipinski definition) is 0. The van der Waals surface area contributed by atoms with E-state index in [2.05, 4.69) is 11.2 Å². The Morgan fingerprint density at radius 3 is 2.70 bits per heavy atom. The van der Waals surface area contributed by atoms with Gasteiger partial charge in [-0.25, -0.2) is 9.48 Å². The van der Waals surface area contributed by atoms with E-state index in [4.69, 9.17) is 14.2 Å². The highest BCUT2D eigenvalue weighted by atomic mass is 16.5. The summed E-state index contributed by atoms with van der Waals surface area (Å²) in [5, 5.41) is 13.5. The van der Waals surface area contributed by atoms with Crippen molar-refractivity contribution >= 4 is 11.9 Å². The van der Waals surface area contributed by atoms with Crippen molar-refractivity contribution in [1.82, 2.24) is 9.78 Å². The van der Waals surface area contributed by atoms with Gasteiger partial charge in [0.2, 0.25) is 0 Å². The molecule has 27 heavy (non-hydrogen) atoms. The maximum Gasteiger partial charge on any atom is 0.341 e. The molecule has 0 spiro atoms. The van der Waals surface area contributed by atoms with Crippen LogP contribution in [-0.4, -0.2) is 42.0 Å². The predicted octanol–water partition coefficient (Wildman–Crippen LogP) is 2.50. The smallest absolute Gasteiger partial charge is 0.341 e. The lowest BCUT2D eigenvalue weighted by Gasteiger charge is -2.22. The summed E-state index contributed by atoms with van der Waals surface area (Å²) in [6.45, 7) is 5.45. The molecule has 0 atom stereocenters. The Hall–Kier alpha value is -3.34. The van der Waals surface area contributed by atoms with Gasteiger partial charge in [0.1, 0.15) is 18.4 Å². The largest absolute Gasteiger partial charge is 0.491 e. The summed E-state index contributed by atoms with van der Waals surface area (Å²) in [5.41, 5.74) is 0.329. The van der Waals surface area contributed by atoms with Crippen molar-refractivity contribution in [2.24, 2.45) is 5.41 Å². The molecular formula is C19H21N3O5. The molecule has 0 amide bonds. The predicted molar refractivity (Wildman–Crippen MR) is 95.5 cm³/mol. The van der Waals surface area contributed by atoms with Crippen LogP contribution < -0.4 is 4.74 Å². The first-order chi connectivity index (χ1) is 12.8. The van der Waals surface area contributed by atoms with Crippen LogP contribution in [0.2, 0.25) is 0 Å². The van der Waals surface area contributed by atoms with E-state index in [0.29, 0.717) is 17.0 Å². The van der Waals surface area contributed by atoms with Crippen molar-refractivity contribution in [2.75, 3.05) is 20.3 Å². The van der Waals surface area contributed by atoms with Crippen LogP contribution >= 0.6 is 0 Å². The van der Waals surface area contributed by atoms with Crippen molar-refractivity contribution < 1.29 is 23.8 Å². The summed E-state index contributed by atoms with van der Waals surface area (Å²) in [6, 6.07) is 6.96. The number of nitriles is 1. The maximum absolute atomic E-state index is 11.7. The molecule has 0 saturated heterocycles. The highest BCUT2D eigenvalue weighted by molar-refractivity contribution is 5.88. The van der Waals surface area contributed by atoms with Crippen LogP contribution in [0, 0.1) is 16.7 Å².